The van der Waals surface area contributed by atoms with Crippen LogP contribution in [0.1, 0.15) is 45.4 Å². The standard InChI is InChI=1S/C8H17O.2O.3Sn.7H/c1-2-3-4-5-6-7-8-9;;;;;;;;;;;;/h2-8H2,1H3;;;;;;;;;;;;/q-1;;;;;+1;;;;;;;. The maximum atomic E-state index is 5.53. The first-order chi connectivity index (χ1) is 6.91. The molecule has 0 rings (SSSR count). The molecule has 0 aromatic rings. The van der Waals surface area contributed by atoms with Gasteiger partial charge in [-0.1, -0.05) is 0 Å². The Hall–Kier alpha value is 2.28. The SMILES string of the molecule is CCCCCCCC[O][SnH2][O][SnH2][O][SnH3]. The van der Waals surface area contributed by atoms with E-state index in [9.17, 15) is 0 Å². The van der Waals surface area contributed by atoms with E-state index >= 15 is 0 Å². The van der Waals surface area contributed by atoms with Crippen molar-refractivity contribution in [1.82, 2.24) is 0 Å². The zero-order valence-corrected chi connectivity index (χ0v) is 23.4. The van der Waals surface area contributed by atoms with Gasteiger partial charge in [0.2, 0.25) is 0 Å². The predicted octanol–water partition coefficient (Wildman–Crippen LogP) is -0.325. The zero-order valence-electron chi connectivity index (χ0n) is 9.59. The summed E-state index contributed by atoms with van der Waals surface area (Å²) >= 11 is -1.92. The quantitative estimate of drug-likeness (QED) is 0.274. The minimum atomic E-state index is -1.21. The zero-order chi connectivity index (χ0) is 10.5. The molecule has 0 aliphatic carbocycles. The van der Waals surface area contributed by atoms with E-state index in [1.165, 1.54) is 38.5 Å². The van der Waals surface area contributed by atoms with Crippen molar-refractivity contribution in [3.63, 3.8) is 0 Å². The van der Waals surface area contributed by atoms with Gasteiger partial charge in [0.1, 0.15) is 0 Å². The molecule has 0 saturated carbocycles. The van der Waals surface area contributed by atoms with Crippen LogP contribution in [0.2, 0.25) is 0 Å². The molecule has 86 valence electrons. The molecule has 0 N–H and O–H groups in total. The van der Waals surface area contributed by atoms with Crippen molar-refractivity contribution in [2.75, 3.05) is 6.61 Å². The van der Waals surface area contributed by atoms with Gasteiger partial charge in [-0.2, -0.15) is 0 Å². The Labute approximate surface area is 123 Å². The first kappa shape index (κ1) is 16.3. The van der Waals surface area contributed by atoms with Crippen LogP contribution in [-0.4, -0.2) is 73.5 Å². The van der Waals surface area contributed by atoms with Crippen LogP contribution in [0.4, 0.5) is 0 Å². The molecule has 0 aromatic heterocycles. The van der Waals surface area contributed by atoms with Crippen molar-refractivity contribution in [2.45, 2.75) is 45.4 Å². The van der Waals surface area contributed by atoms with E-state index in [0.717, 1.165) is 6.61 Å². The van der Waals surface area contributed by atoms with Crippen molar-refractivity contribution in [2.24, 2.45) is 0 Å². The maximum absolute atomic E-state index is 5.53. The topological polar surface area (TPSA) is 27.7 Å². The average Bonchev–Trinajstić information content (AvgIpc) is 2.21. The third kappa shape index (κ3) is 14.3. The van der Waals surface area contributed by atoms with Crippen molar-refractivity contribution >= 4 is 66.9 Å². The second kappa shape index (κ2) is 15.3. The van der Waals surface area contributed by atoms with Crippen molar-refractivity contribution < 1.29 is 5.90 Å². The van der Waals surface area contributed by atoms with E-state index < -0.39 is 43.9 Å². The molecule has 0 bridgehead atoms. The summed E-state index contributed by atoms with van der Waals surface area (Å²) in [5, 5.41) is 0. The number of hydrogen-bond donors (Lipinski definition) is 0. The van der Waals surface area contributed by atoms with Gasteiger partial charge < -0.3 is 0 Å². The van der Waals surface area contributed by atoms with Gasteiger partial charge in [-0.15, -0.1) is 0 Å². The van der Waals surface area contributed by atoms with E-state index in [0.29, 0.717) is 22.9 Å². The fourth-order valence-corrected chi connectivity index (χ4v) is 31.3. The Morgan fingerprint density at radius 2 is 1.71 bits per heavy atom. The van der Waals surface area contributed by atoms with E-state index in [-0.39, 0.29) is 0 Å². The van der Waals surface area contributed by atoms with Crippen LogP contribution >= 0.6 is 0 Å². The Balaban J connectivity index is 2.78. The fourth-order valence-electron chi connectivity index (χ4n) is 1.22. The Morgan fingerprint density at radius 3 is 2.43 bits per heavy atom. The molecule has 0 unspecified atom stereocenters. The third-order valence-corrected chi connectivity index (χ3v) is 15.8. The molecule has 0 aliphatic rings. The average molecular weight is 524 g/mol. The summed E-state index contributed by atoms with van der Waals surface area (Å²) in [6.45, 7) is 3.20. The Bertz CT molecular complexity index is 93.8. The van der Waals surface area contributed by atoms with Crippen LogP contribution < -0.4 is 0 Å². The summed E-state index contributed by atoms with van der Waals surface area (Å²) in [5.74, 6) is 0. The van der Waals surface area contributed by atoms with Gasteiger partial charge in [0.05, 0.1) is 0 Å². The van der Waals surface area contributed by atoms with Crippen molar-refractivity contribution in [3.8, 4) is 0 Å². The van der Waals surface area contributed by atoms with Crippen LogP contribution in [0.25, 0.3) is 0 Å². The summed E-state index contributed by atoms with van der Waals surface area (Å²) < 4.78 is 16.2. The molecule has 0 fully saturated rings. The molecule has 3 nitrogen and oxygen atoms in total. The molecule has 0 aliphatic heterocycles. The molecule has 0 aromatic carbocycles. The van der Waals surface area contributed by atoms with Crippen LogP contribution in [-0.2, 0) is 5.90 Å². The van der Waals surface area contributed by atoms with Crippen LogP contribution in [0.15, 0.2) is 0 Å². The second-order valence-corrected chi connectivity index (χ2v) is 27.6. The number of rotatable bonds is 11. The monoisotopic (exact) mass is 528 g/mol. The first-order valence-electron chi connectivity index (χ1n) is 5.56. The number of hydrogen-bond acceptors (Lipinski definition) is 3. The predicted molar refractivity (Wildman–Crippen MR) is 68.5 cm³/mol. The van der Waals surface area contributed by atoms with Crippen molar-refractivity contribution in [1.29, 1.82) is 0 Å². The molecule has 0 heterocycles. The fraction of sp³-hybridized carbons (Fsp3) is 1.00. The molecule has 0 saturated heterocycles. The van der Waals surface area contributed by atoms with E-state index in [2.05, 4.69) is 6.92 Å². The van der Waals surface area contributed by atoms with Crippen LogP contribution in [0.5, 0.6) is 0 Å². The molecule has 0 atom stereocenters. The van der Waals surface area contributed by atoms with Gasteiger partial charge in [0.15, 0.2) is 0 Å². The van der Waals surface area contributed by atoms with Gasteiger partial charge in [-0.25, -0.2) is 0 Å². The Morgan fingerprint density at radius 1 is 1.00 bits per heavy atom. The molecule has 14 heavy (non-hydrogen) atoms. The molecule has 0 radical (unpaired) electrons. The summed E-state index contributed by atoms with van der Waals surface area (Å²) in [5.41, 5.74) is 0. The molecule has 0 amide bonds. The van der Waals surface area contributed by atoms with Gasteiger partial charge in [-0.05, 0) is 0 Å². The molecular weight excluding hydrogens is 500 g/mol. The van der Waals surface area contributed by atoms with Gasteiger partial charge >= 0.3 is 125 Å². The summed E-state index contributed by atoms with van der Waals surface area (Å²) in [4.78, 5) is 0. The molecular formula is C8H24O3Sn3. The van der Waals surface area contributed by atoms with Gasteiger partial charge in [-0.3, -0.25) is 0 Å². The summed E-state index contributed by atoms with van der Waals surface area (Å²) in [6, 6.07) is 0. The second-order valence-electron chi connectivity index (χ2n) is 3.40. The first-order valence-corrected chi connectivity index (χ1v) is 14.5. The Kier molecular flexibility index (Phi) is 17.8. The molecule has 6 heteroatoms. The van der Waals surface area contributed by atoms with E-state index in [1.54, 1.807) is 0 Å². The summed E-state index contributed by atoms with van der Waals surface area (Å²) in [6.07, 6.45) is 8.04. The minimum absolute atomic E-state index is 0.408. The number of unbranched alkanes of at least 4 members (excludes halogenated alkanes) is 5. The van der Waals surface area contributed by atoms with Crippen LogP contribution in [0.3, 0.4) is 0 Å². The van der Waals surface area contributed by atoms with Crippen molar-refractivity contribution in [3.05, 3.63) is 0 Å². The van der Waals surface area contributed by atoms with E-state index in [4.69, 9.17) is 5.90 Å². The van der Waals surface area contributed by atoms with Crippen LogP contribution in [0, 0.1) is 0 Å². The van der Waals surface area contributed by atoms with Gasteiger partial charge in [0.25, 0.3) is 0 Å². The van der Waals surface area contributed by atoms with E-state index in [1.807, 2.05) is 0 Å². The third-order valence-electron chi connectivity index (χ3n) is 2.01. The molecule has 0 spiro atoms. The summed E-state index contributed by atoms with van der Waals surface area (Å²) in [7, 11) is 0. The normalized spacial score (nSPS) is 12.6. The van der Waals surface area contributed by atoms with Gasteiger partial charge in [0, 0.05) is 0 Å².